The fourth-order valence-electron chi connectivity index (χ4n) is 1.78. The molecule has 1 aromatic carbocycles. The van der Waals surface area contributed by atoms with E-state index in [2.05, 4.69) is 0 Å². The summed E-state index contributed by atoms with van der Waals surface area (Å²) in [6.45, 7) is 0. The van der Waals surface area contributed by atoms with Gasteiger partial charge >= 0.3 is 0 Å². The molecule has 0 aromatic heterocycles. The fraction of sp³-hybridized carbons (Fsp3) is 0.300. The molecule has 66 valence electrons. The zero-order valence-corrected chi connectivity index (χ0v) is 6.92. The molecule has 0 fully saturated rings. The Morgan fingerprint density at radius 1 is 1.46 bits per heavy atom. The minimum absolute atomic E-state index is 0.353. The molecule has 0 amide bonds. The highest BCUT2D eigenvalue weighted by Crippen LogP contribution is 2.26. The van der Waals surface area contributed by atoms with Crippen LogP contribution in [0.25, 0.3) is 0 Å². The Kier molecular flexibility index (Phi) is 1.78. The lowest BCUT2D eigenvalue weighted by molar-refractivity contribution is 0.187. The highest BCUT2D eigenvalue weighted by atomic mass is 19.1. The number of aliphatic hydroxyl groups is 1. The maximum absolute atomic E-state index is 12.9. The van der Waals surface area contributed by atoms with Crippen molar-refractivity contribution in [2.75, 3.05) is 0 Å². The maximum atomic E-state index is 12.9. The molecule has 0 bridgehead atoms. The van der Waals surface area contributed by atoms with Crippen molar-refractivity contribution in [2.45, 2.75) is 18.9 Å². The minimum atomic E-state index is -0.455. The molecule has 0 aliphatic heterocycles. The van der Waals surface area contributed by atoms with Gasteiger partial charge in [0.1, 0.15) is 5.82 Å². The summed E-state index contributed by atoms with van der Waals surface area (Å²) in [5.74, 6) is -0.399. The van der Waals surface area contributed by atoms with Gasteiger partial charge in [0.05, 0.1) is 17.7 Å². The van der Waals surface area contributed by atoms with E-state index in [1.807, 2.05) is 6.07 Å². The van der Waals surface area contributed by atoms with Gasteiger partial charge in [0.25, 0.3) is 0 Å². The molecule has 1 unspecified atom stereocenters. The third-order valence-corrected chi connectivity index (χ3v) is 2.32. The molecule has 1 aliphatic rings. The Balaban J connectivity index is 2.58. The van der Waals surface area contributed by atoms with E-state index in [0.29, 0.717) is 18.4 Å². The van der Waals surface area contributed by atoms with Crippen LogP contribution in [0, 0.1) is 17.1 Å². The van der Waals surface area contributed by atoms with Crippen molar-refractivity contribution < 1.29 is 9.50 Å². The van der Waals surface area contributed by atoms with Crippen LogP contribution in [-0.4, -0.2) is 11.2 Å². The highest BCUT2D eigenvalue weighted by Gasteiger charge is 2.22. The van der Waals surface area contributed by atoms with Gasteiger partial charge < -0.3 is 5.11 Å². The number of hydrogen-bond donors (Lipinski definition) is 1. The SMILES string of the molecule is N#Cc1cc(F)cc2c1CC(O)C2. The lowest BCUT2D eigenvalue weighted by atomic mass is 10.0. The number of fused-ring (bicyclic) bond motifs is 1. The molecule has 0 spiro atoms. The van der Waals surface area contributed by atoms with E-state index < -0.39 is 11.9 Å². The number of rotatable bonds is 0. The second-order valence-corrected chi connectivity index (χ2v) is 3.26. The van der Waals surface area contributed by atoms with Crippen LogP contribution in [0.2, 0.25) is 0 Å². The zero-order chi connectivity index (χ0) is 9.42. The second-order valence-electron chi connectivity index (χ2n) is 3.26. The topological polar surface area (TPSA) is 44.0 Å². The number of nitrogens with zero attached hydrogens (tertiary/aromatic N) is 1. The molecule has 0 saturated carbocycles. The van der Waals surface area contributed by atoms with Gasteiger partial charge in [-0.2, -0.15) is 5.26 Å². The Labute approximate surface area is 75.2 Å². The Bertz CT molecular complexity index is 395. The summed E-state index contributed by atoms with van der Waals surface area (Å²) < 4.78 is 12.9. The third-order valence-electron chi connectivity index (χ3n) is 2.32. The molecule has 2 nitrogen and oxygen atoms in total. The van der Waals surface area contributed by atoms with Crippen molar-refractivity contribution in [2.24, 2.45) is 0 Å². The van der Waals surface area contributed by atoms with Crippen LogP contribution in [0.15, 0.2) is 12.1 Å². The van der Waals surface area contributed by atoms with E-state index >= 15 is 0 Å². The molecular weight excluding hydrogens is 169 g/mol. The molecule has 0 radical (unpaired) electrons. The predicted molar refractivity (Wildman–Crippen MR) is 44.5 cm³/mol. The molecule has 0 saturated heterocycles. The standard InChI is InChI=1S/C10H8FNO/c11-8-1-6-3-9(13)4-10(6)7(2-8)5-12/h1-2,9,13H,3-4H2. The van der Waals surface area contributed by atoms with Crippen molar-refractivity contribution in [1.29, 1.82) is 5.26 Å². The smallest absolute Gasteiger partial charge is 0.124 e. The summed E-state index contributed by atoms with van der Waals surface area (Å²) in [5, 5.41) is 18.0. The number of halogens is 1. The summed E-state index contributed by atoms with van der Waals surface area (Å²) >= 11 is 0. The van der Waals surface area contributed by atoms with Crippen molar-refractivity contribution >= 4 is 0 Å². The monoisotopic (exact) mass is 177 g/mol. The average Bonchev–Trinajstić information content (AvgIpc) is 2.43. The average molecular weight is 177 g/mol. The number of nitriles is 1. The predicted octanol–water partition coefficient (Wildman–Crippen LogP) is 1.16. The Hall–Kier alpha value is -1.40. The van der Waals surface area contributed by atoms with Gasteiger partial charge in [-0.25, -0.2) is 4.39 Å². The van der Waals surface area contributed by atoms with Crippen LogP contribution in [-0.2, 0) is 12.8 Å². The van der Waals surface area contributed by atoms with Crippen LogP contribution >= 0.6 is 0 Å². The van der Waals surface area contributed by atoms with Crippen molar-refractivity contribution in [3.8, 4) is 6.07 Å². The van der Waals surface area contributed by atoms with E-state index in [1.54, 1.807) is 0 Å². The molecule has 2 rings (SSSR count). The van der Waals surface area contributed by atoms with Gasteiger partial charge in [0.2, 0.25) is 0 Å². The first-order valence-corrected chi connectivity index (χ1v) is 4.10. The van der Waals surface area contributed by atoms with Crippen LogP contribution < -0.4 is 0 Å². The maximum Gasteiger partial charge on any atom is 0.124 e. The summed E-state index contributed by atoms with van der Waals surface area (Å²) in [7, 11) is 0. The first-order chi connectivity index (χ1) is 6.20. The first-order valence-electron chi connectivity index (χ1n) is 4.10. The third kappa shape index (κ3) is 1.30. The van der Waals surface area contributed by atoms with Crippen molar-refractivity contribution in [3.63, 3.8) is 0 Å². The number of benzene rings is 1. The van der Waals surface area contributed by atoms with Crippen molar-refractivity contribution in [3.05, 3.63) is 34.6 Å². The lowest BCUT2D eigenvalue weighted by Gasteiger charge is -2.00. The van der Waals surface area contributed by atoms with E-state index in [1.165, 1.54) is 12.1 Å². The summed E-state index contributed by atoms with van der Waals surface area (Å²) in [6, 6.07) is 4.55. The Morgan fingerprint density at radius 3 is 2.92 bits per heavy atom. The van der Waals surface area contributed by atoms with Gasteiger partial charge in [-0.3, -0.25) is 0 Å². The molecule has 1 N–H and O–H groups in total. The lowest BCUT2D eigenvalue weighted by Crippen LogP contribution is -2.03. The van der Waals surface area contributed by atoms with E-state index in [4.69, 9.17) is 5.26 Å². The van der Waals surface area contributed by atoms with Crippen LogP contribution in [0.1, 0.15) is 16.7 Å². The quantitative estimate of drug-likeness (QED) is 0.646. The molecule has 1 aromatic rings. The molecule has 1 atom stereocenters. The van der Waals surface area contributed by atoms with Gasteiger partial charge in [-0.15, -0.1) is 0 Å². The van der Waals surface area contributed by atoms with Gasteiger partial charge in [-0.05, 0) is 29.7 Å². The van der Waals surface area contributed by atoms with E-state index in [0.717, 1.165) is 11.1 Å². The summed E-state index contributed by atoms with van der Waals surface area (Å²) in [5.41, 5.74) is 1.92. The van der Waals surface area contributed by atoms with Crippen LogP contribution in [0.4, 0.5) is 4.39 Å². The fourth-order valence-corrected chi connectivity index (χ4v) is 1.78. The zero-order valence-electron chi connectivity index (χ0n) is 6.92. The summed E-state index contributed by atoms with van der Waals surface area (Å²) in [4.78, 5) is 0. The van der Waals surface area contributed by atoms with Gasteiger partial charge in [-0.1, -0.05) is 0 Å². The summed E-state index contributed by atoms with van der Waals surface area (Å²) in [6.07, 6.45) is 0.476. The molecular formula is C10H8FNO. The van der Waals surface area contributed by atoms with E-state index in [9.17, 15) is 9.50 Å². The molecule has 3 heteroatoms. The normalized spacial score (nSPS) is 19.6. The largest absolute Gasteiger partial charge is 0.392 e. The first kappa shape index (κ1) is 8.21. The van der Waals surface area contributed by atoms with Crippen molar-refractivity contribution in [1.82, 2.24) is 0 Å². The molecule has 1 aliphatic carbocycles. The highest BCUT2D eigenvalue weighted by molar-refractivity contribution is 5.46. The number of aliphatic hydroxyl groups excluding tert-OH is 1. The number of hydrogen-bond acceptors (Lipinski definition) is 2. The van der Waals surface area contributed by atoms with E-state index in [-0.39, 0.29) is 0 Å². The minimum Gasteiger partial charge on any atom is -0.392 e. The Morgan fingerprint density at radius 2 is 2.23 bits per heavy atom. The molecule has 13 heavy (non-hydrogen) atoms. The van der Waals surface area contributed by atoms with Crippen LogP contribution in [0.3, 0.4) is 0 Å². The van der Waals surface area contributed by atoms with Crippen LogP contribution in [0.5, 0.6) is 0 Å². The molecule has 0 heterocycles. The van der Waals surface area contributed by atoms with Gasteiger partial charge in [0, 0.05) is 6.42 Å². The second kappa shape index (κ2) is 2.82. The van der Waals surface area contributed by atoms with Gasteiger partial charge in [0.15, 0.2) is 0 Å².